The van der Waals surface area contributed by atoms with Crippen LogP contribution < -0.4 is 5.32 Å². The zero-order chi connectivity index (χ0) is 13.1. The molecule has 1 rings (SSSR count). The van der Waals surface area contributed by atoms with E-state index in [2.05, 4.69) is 42.9 Å². The van der Waals surface area contributed by atoms with E-state index in [0.29, 0.717) is 18.6 Å². The van der Waals surface area contributed by atoms with E-state index in [-0.39, 0.29) is 0 Å². The Balaban J connectivity index is 2.36. The summed E-state index contributed by atoms with van der Waals surface area (Å²) in [6.07, 6.45) is 0. The molecule has 0 amide bonds. The van der Waals surface area contributed by atoms with Crippen LogP contribution in [0.5, 0.6) is 0 Å². The van der Waals surface area contributed by atoms with Crippen LogP contribution in [0.25, 0.3) is 0 Å². The van der Waals surface area contributed by atoms with E-state index in [4.69, 9.17) is 0 Å². The van der Waals surface area contributed by atoms with Crippen molar-refractivity contribution in [1.82, 2.24) is 15.1 Å². The number of hydrogen-bond donors (Lipinski definition) is 2. The smallest absolute Gasteiger partial charge is 0.0869 e. The summed E-state index contributed by atoms with van der Waals surface area (Å²) >= 11 is 0. The van der Waals surface area contributed by atoms with Crippen molar-refractivity contribution >= 4 is 0 Å². The predicted molar refractivity (Wildman–Crippen MR) is 72.3 cm³/mol. The zero-order valence-corrected chi connectivity index (χ0v) is 12.0. The van der Waals surface area contributed by atoms with E-state index in [1.807, 2.05) is 6.92 Å². The molecule has 0 aliphatic carbocycles. The minimum atomic E-state index is -0.639. The third kappa shape index (κ3) is 5.34. The van der Waals surface area contributed by atoms with Crippen LogP contribution >= 0.6 is 0 Å². The summed E-state index contributed by atoms with van der Waals surface area (Å²) < 4.78 is 0. The average Bonchev–Trinajstić information content (AvgIpc) is 2.21. The van der Waals surface area contributed by atoms with Gasteiger partial charge in [-0.05, 0) is 20.9 Å². The third-order valence-electron chi connectivity index (χ3n) is 3.50. The molecular weight excluding hydrogens is 214 g/mol. The molecule has 0 bridgehead atoms. The molecule has 2 N–H and O–H groups in total. The lowest BCUT2D eigenvalue weighted by atomic mass is 10.0. The number of piperazine rings is 1. The van der Waals surface area contributed by atoms with Gasteiger partial charge in [0.15, 0.2) is 0 Å². The Morgan fingerprint density at radius 3 is 2.59 bits per heavy atom. The van der Waals surface area contributed by atoms with Crippen molar-refractivity contribution < 1.29 is 5.11 Å². The van der Waals surface area contributed by atoms with E-state index in [9.17, 15) is 5.11 Å². The fraction of sp³-hybridized carbons (Fsp3) is 1.00. The van der Waals surface area contributed by atoms with E-state index in [1.54, 1.807) is 0 Å². The van der Waals surface area contributed by atoms with Gasteiger partial charge in [-0.3, -0.25) is 4.90 Å². The first-order valence-electron chi connectivity index (χ1n) is 6.68. The molecular formula is C13H29N3O. The van der Waals surface area contributed by atoms with Crippen molar-refractivity contribution in [3.8, 4) is 0 Å². The maximum atomic E-state index is 10.3. The second kappa shape index (κ2) is 6.14. The first-order valence-corrected chi connectivity index (χ1v) is 6.68. The summed E-state index contributed by atoms with van der Waals surface area (Å²) in [5.74, 6) is 0. The molecule has 1 heterocycles. The Hall–Kier alpha value is -0.160. The number of β-amino-alcohol motifs (C(OH)–C–C–N with tert-alkyl or cyclic N) is 1. The van der Waals surface area contributed by atoms with Gasteiger partial charge in [0.1, 0.15) is 0 Å². The molecule has 1 saturated heterocycles. The Morgan fingerprint density at radius 2 is 2.06 bits per heavy atom. The molecule has 17 heavy (non-hydrogen) atoms. The SMILES string of the molecule is CC(C)NCC(C)(O)CN1CCN(C)C(C)C1. The molecule has 4 nitrogen and oxygen atoms in total. The number of nitrogens with one attached hydrogen (secondary N) is 1. The quantitative estimate of drug-likeness (QED) is 0.732. The molecule has 0 spiro atoms. The van der Waals surface area contributed by atoms with Gasteiger partial charge in [-0.2, -0.15) is 0 Å². The fourth-order valence-corrected chi connectivity index (χ4v) is 2.23. The number of nitrogens with zero attached hydrogens (tertiary/aromatic N) is 2. The average molecular weight is 243 g/mol. The molecule has 0 aromatic heterocycles. The van der Waals surface area contributed by atoms with Crippen molar-refractivity contribution in [2.24, 2.45) is 0 Å². The Bertz CT molecular complexity index is 231. The maximum absolute atomic E-state index is 10.3. The summed E-state index contributed by atoms with van der Waals surface area (Å²) in [5.41, 5.74) is -0.639. The summed E-state index contributed by atoms with van der Waals surface area (Å²) in [4.78, 5) is 4.74. The highest BCUT2D eigenvalue weighted by Crippen LogP contribution is 2.11. The molecule has 102 valence electrons. The van der Waals surface area contributed by atoms with Crippen LogP contribution in [0, 0.1) is 0 Å². The van der Waals surface area contributed by atoms with Crippen LogP contribution in [0.15, 0.2) is 0 Å². The molecule has 0 aromatic rings. The first kappa shape index (κ1) is 14.9. The van der Waals surface area contributed by atoms with Crippen molar-refractivity contribution in [2.75, 3.05) is 39.8 Å². The minimum absolute atomic E-state index is 0.424. The standard InChI is InChI=1S/C13H29N3O/c1-11(2)14-9-13(4,17)10-16-7-6-15(5)12(3)8-16/h11-12,14,17H,6-10H2,1-5H3. The van der Waals surface area contributed by atoms with Gasteiger partial charge in [0.25, 0.3) is 0 Å². The molecule has 0 radical (unpaired) electrons. The normalized spacial score (nSPS) is 27.4. The van der Waals surface area contributed by atoms with Crippen molar-refractivity contribution in [2.45, 2.75) is 45.4 Å². The highest BCUT2D eigenvalue weighted by atomic mass is 16.3. The monoisotopic (exact) mass is 243 g/mol. The van der Waals surface area contributed by atoms with Crippen LogP contribution in [0.2, 0.25) is 0 Å². The molecule has 2 atom stereocenters. The van der Waals surface area contributed by atoms with Crippen molar-refractivity contribution in [1.29, 1.82) is 0 Å². The van der Waals surface area contributed by atoms with Gasteiger partial charge in [-0.1, -0.05) is 13.8 Å². The van der Waals surface area contributed by atoms with Gasteiger partial charge in [-0.15, -0.1) is 0 Å². The number of rotatable bonds is 5. The van der Waals surface area contributed by atoms with E-state index >= 15 is 0 Å². The van der Waals surface area contributed by atoms with Crippen LogP contribution in [0.4, 0.5) is 0 Å². The second-order valence-electron chi connectivity index (χ2n) is 6.10. The Morgan fingerprint density at radius 1 is 1.41 bits per heavy atom. The fourth-order valence-electron chi connectivity index (χ4n) is 2.23. The molecule has 4 heteroatoms. The van der Waals surface area contributed by atoms with Gasteiger partial charge in [0, 0.05) is 44.8 Å². The van der Waals surface area contributed by atoms with E-state index < -0.39 is 5.60 Å². The van der Waals surface area contributed by atoms with Crippen molar-refractivity contribution in [3.63, 3.8) is 0 Å². The van der Waals surface area contributed by atoms with E-state index in [0.717, 1.165) is 26.2 Å². The summed E-state index contributed by atoms with van der Waals surface area (Å²) in [5, 5.41) is 13.7. The molecule has 0 aromatic carbocycles. The molecule has 1 aliphatic heterocycles. The number of likely N-dealkylation sites (N-methyl/N-ethyl adjacent to an activating group) is 1. The van der Waals surface area contributed by atoms with Crippen LogP contribution in [0.3, 0.4) is 0 Å². The lowest BCUT2D eigenvalue weighted by molar-refractivity contribution is -0.00345. The largest absolute Gasteiger partial charge is 0.388 e. The van der Waals surface area contributed by atoms with Crippen LogP contribution in [-0.4, -0.2) is 72.4 Å². The molecule has 0 saturated carbocycles. The van der Waals surface area contributed by atoms with Gasteiger partial charge in [0.2, 0.25) is 0 Å². The lowest BCUT2D eigenvalue weighted by Crippen LogP contribution is -2.56. The highest BCUT2D eigenvalue weighted by Gasteiger charge is 2.28. The highest BCUT2D eigenvalue weighted by molar-refractivity contribution is 4.85. The molecule has 2 unspecified atom stereocenters. The first-order chi connectivity index (χ1) is 7.80. The van der Waals surface area contributed by atoms with Gasteiger partial charge < -0.3 is 15.3 Å². The number of aliphatic hydroxyl groups is 1. The maximum Gasteiger partial charge on any atom is 0.0869 e. The Kier molecular flexibility index (Phi) is 5.38. The van der Waals surface area contributed by atoms with E-state index in [1.165, 1.54) is 0 Å². The molecule has 1 aliphatic rings. The third-order valence-corrected chi connectivity index (χ3v) is 3.50. The zero-order valence-electron chi connectivity index (χ0n) is 12.0. The van der Waals surface area contributed by atoms with Crippen LogP contribution in [0.1, 0.15) is 27.7 Å². The predicted octanol–water partition coefficient (Wildman–Crippen LogP) is 0.371. The number of hydrogen-bond acceptors (Lipinski definition) is 4. The van der Waals surface area contributed by atoms with Gasteiger partial charge in [-0.25, -0.2) is 0 Å². The lowest BCUT2D eigenvalue weighted by Gasteiger charge is -2.40. The summed E-state index contributed by atoms with van der Waals surface area (Å²) in [7, 11) is 2.17. The Labute approximate surface area is 106 Å². The van der Waals surface area contributed by atoms with Gasteiger partial charge >= 0.3 is 0 Å². The molecule has 1 fully saturated rings. The minimum Gasteiger partial charge on any atom is -0.388 e. The topological polar surface area (TPSA) is 38.7 Å². The second-order valence-corrected chi connectivity index (χ2v) is 6.10. The van der Waals surface area contributed by atoms with Gasteiger partial charge in [0.05, 0.1) is 5.60 Å². The van der Waals surface area contributed by atoms with Crippen molar-refractivity contribution in [3.05, 3.63) is 0 Å². The van der Waals surface area contributed by atoms with Crippen LogP contribution in [-0.2, 0) is 0 Å². The summed E-state index contributed by atoms with van der Waals surface area (Å²) in [6.45, 7) is 13.0. The summed E-state index contributed by atoms with van der Waals surface area (Å²) in [6, 6.07) is 1.01.